The molecular formula is C13H21N3O. The smallest absolute Gasteiger partial charge is 0.294 e. The third kappa shape index (κ3) is 3.75. The van der Waals surface area contributed by atoms with Crippen LogP contribution in [0.3, 0.4) is 0 Å². The Morgan fingerprint density at radius 3 is 2.12 bits per heavy atom. The molecule has 0 heterocycles. The fraction of sp³-hybridized carbons (Fsp3) is 0.462. The van der Waals surface area contributed by atoms with Crippen LogP contribution >= 0.6 is 0 Å². The molecule has 0 fully saturated rings. The third-order valence-electron chi connectivity index (χ3n) is 2.65. The molecule has 1 rings (SSSR count). The standard InChI is InChI=1S/C13H21N3O/c1-4-15(5-2)14-13(17)16(6-3)12-10-8-7-9-11-12/h7-11H,4-6H2,1-3H3,(H,14,17). The monoisotopic (exact) mass is 235 g/mol. The number of anilines is 1. The average Bonchev–Trinajstić information content (AvgIpc) is 2.38. The van der Waals surface area contributed by atoms with Crippen LogP contribution in [0.1, 0.15) is 20.8 Å². The van der Waals surface area contributed by atoms with Gasteiger partial charge in [0.1, 0.15) is 0 Å². The van der Waals surface area contributed by atoms with E-state index in [-0.39, 0.29) is 6.03 Å². The van der Waals surface area contributed by atoms with Gasteiger partial charge in [-0.2, -0.15) is 0 Å². The lowest BCUT2D eigenvalue weighted by Crippen LogP contribution is -2.49. The number of para-hydroxylation sites is 1. The SMILES string of the molecule is CCN(CC)NC(=O)N(CC)c1ccccc1. The molecule has 0 aromatic heterocycles. The van der Waals surface area contributed by atoms with Gasteiger partial charge >= 0.3 is 6.03 Å². The van der Waals surface area contributed by atoms with Crippen molar-refractivity contribution in [2.75, 3.05) is 24.5 Å². The molecule has 1 aromatic rings. The molecule has 94 valence electrons. The van der Waals surface area contributed by atoms with Crippen molar-refractivity contribution in [3.63, 3.8) is 0 Å². The fourth-order valence-corrected chi connectivity index (χ4v) is 1.63. The Bertz CT molecular complexity index is 336. The zero-order chi connectivity index (χ0) is 12.7. The fourth-order valence-electron chi connectivity index (χ4n) is 1.63. The number of amides is 2. The van der Waals surface area contributed by atoms with Crippen LogP contribution < -0.4 is 10.3 Å². The van der Waals surface area contributed by atoms with Crippen molar-refractivity contribution in [1.82, 2.24) is 10.4 Å². The van der Waals surface area contributed by atoms with Gasteiger partial charge in [-0.15, -0.1) is 0 Å². The van der Waals surface area contributed by atoms with Gasteiger partial charge in [0.25, 0.3) is 0 Å². The Kier molecular flexibility index (Phi) is 5.49. The van der Waals surface area contributed by atoms with Crippen molar-refractivity contribution < 1.29 is 4.79 Å². The first-order chi connectivity index (χ1) is 8.22. The van der Waals surface area contributed by atoms with Crippen LogP contribution in [0.4, 0.5) is 10.5 Å². The Labute approximate surface area is 103 Å². The summed E-state index contributed by atoms with van der Waals surface area (Å²) in [6, 6.07) is 9.60. The second-order valence-corrected chi connectivity index (χ2v) is 3.67. The Balaban J connectivity index is 2.71. The molecule has 0 atom stereocenters. The number of nitrogens with one attached hydrogen (secondary N) is 1. The van der Waals surface area contributed by atoms with Crippen molar-refractivity contribution in [3.8, 4) is 0 Å². The Morgan fingerprint density at radius 2 is 1.65 bits per heavy atom. The predicted molar refractivity (Wildman–Crippen MR) is 70.9 cm³/mol. The lowest BCUT2D eigenvalue weighted by atomic mass is 10.3. The highest BCUT2D eigenvalue weighted by Gasteiger charge is 2.14. The molecule has 0 unspecified atom stereocenters. The summed E-state index contributed by atoms with van der Waals surface area (Å²) in [5.41, 5.74) is 3.80. The summed E-state index contributed by atoms with van der Waals surface area (Å²) in [7, 11) is 0. The number of carbonyl (C=O) groups excluding carboxylic acids is 1. The number of hydrogen-bond donors (Lipinski definition) is 1. The third-order valence-corrected chi connectivity index (χ3v) is 2.65. The summed E-state index contributed by atoms with van der Waals surface area (Å²) in [6.07, 6.45) is 0. The van der Waals surface area contributed by atoms with Crippen molar-refractivity contribution in [3.05, 3.63) is 30.3 Å². The minimum absolute atomic E-state index is 0.0811. The van der Waals surface area contributed by atoms with E-state index in [2.05, 4.69) is 5.43 Å². The van der Waals surface area contributed by atoms with Gasteiger partial charge in [-0.05, 0) is 19.1 Å². The number of nitrogens with zero attached hydrogens (tertiary/aromatic N) is 2. The van der Waals surface area contributed by atoms with E-state index in [1.165, 1.54) is 0 Å². The van der Waals surface area contributed by atoms with Crippen molar-refractivity contribution in [2.45, 2.75) is 20.8 Å². The number of rotatable bonds is 5. The average molecular weight is 235 g/mol. The van der Waals surface area contributed by atoms with E-state index in [9.17, 15) is 4.79 Å². The van der Waals surface area contributed by atoms with Crippen LogP contribution in [0.15, 0.2) is 30.3 Å². The summed E-state index contributed by atoms with van der Waals surface area (Å²) in [4.78, 5) is 13.8. The first-order valence-corrected chi connectivity index (χ1v) is 6.11. The lowest BCUT2D eigenvalue weighted by molar-refractivity contribution is 0.192. The van der Waals surface area contributed by atoms with Crippen LogP contribution in [-0.2, 0) is 0 Å². The summed E-state index contributed by atoms with van der Waals surface area (Å²) in [5, 5.41) is 1.88. The molecule has 0 aliphatic rings. The zero-order valence-corrected chi connectivity index (χ0v) is 10.8. The summed E-state index contributed by atoms with van der Waals surface area (Å²) < 4.78 is 0. The molecule has 1 aromatic carbocycles. The second kappa shape index (κ2) is 6.91. The number of benzene rings is 1. The van der Waals surface area contributed by atoms with Crippen LogP contribution in [0, 0.1) is 0 Å². The van der Waals surface area contributed by atoms with E-state index >= 15 is 0 Å². The molecule has 0 radical (unpaired) electrons. The van der Waals surface area contributed by atoms with Gasteiger partial charge in [-0.1, -0.05) is 32.0 Å². The molecule has 0 aliphatic carbocycles. The van der Waals surface area contributed by atoms with E-state index in [1.54, 1.807) is 4.90 Å². The first-order valence-electron chi connectivity index (χ1n) is 6.11. The zero-order valence-electron chi connectivity index (χ0n) is 10.8. The van der Waals surface area contributed by atoms with Crippen LogP contribution in [-0.4, -0.2) is 30.7 Å². The number of hydrazine groups is 1. The normalized spacial score (nSPS) is 10.4. The van der Waals surface area contributed by atoms with Crippen molar-refractivity contribution >= 4 is 11.7 Å². The first kappa shape index (κ1) is 13.5. The highest BCUT2D eigenvalue weighted by Crippen LogP contribution is 2.12. The molecule has 0 spiro atoms. The molecule has 0 aliphatic heterocycles. The van der Waals surface area contributed by atoms with Gasteiger partial charge in [-0.25, -0.2) is 9.80 Å². The van der Waals surface area contributed by atoms with E-state index in [0.717, 1.165) is 18.8 Å². The predicted octanol–water partition coefficient (Wildman–Crippen LogP) is 2.48. The van der Waals surface area contributed by atoms with E-state index < -0.39 is 0 Å². The summed E-state index contributed by atoms with van der Waals surface area (Å²) in [5.74, 6) is 0. The van der Waals surface area contributed by atoms with Crippen molar-refractivity contribution in [1.29, 1.82) is 0 Å². The minimum Gasteiger partial charge on any atom is -0.294 e. The van der Waals surface area contributed by atoms with E-state index in [0.29, 0.717) is 6.54 Å². The maximum absolute atomic E-state index is 12.1. The van der Waals surface area contributed by atoms with Gasteiger partial charge < -0.3 is 0 Å². The molecule has 0 saturated heterocycles. The minimum atomic E-state index is -0.0811. The molecular weight excluding hydrogens is 214 g/mol. The van der Waals surface area contributed by atoms with E-state index in [4.69, 9.17) is 0 Å². The van der Waals surface area contributed by atoms with Gasteiger partial charge in [0.05, 0.1) is 0 Å². The van der Waals surface area contributed by atoms with Crippen LogP contribution in [0.2, 0.25) is 0 Å². The maximum atomic E-state index is 12.1. The quantitative estimate of drug-likeness (QED) is 0.796. The van der Waals surface area contributed by atoms with E-state index in [1.807, 2.05) is 56.1 Å². The molecule has 0 bridgehead atoms. The van der Waals surface area contributed by atoms with Gasteiger partial charge in [-0.3, -0.25) is 10.3 Å². The molecule has 1 N–H and O–H groups in total. The van der Waals surface area contributed by atoms with Gasteiger partial charge in [0.2, 0.25) is 0 Å². The molecule has 4 heteroatoms. The summed E-state index contributed by atoms with van der Waals surface area (Å²) in [6.45, 7) is 8.25. The largest absolute Gasteiger partial charge is 0.336 e. The second-order valence-electron chi connectivity index (χ2n) is 3.67. The lowest BCUT2D eigenvalue weighted by Gasteiger charge is -2.26. The molecule has 17 heavy (non-hydrogen) atoms. The number of urea groups is 1. The molecule has 0 saturated carbocycles. The number of carbonyl (C=O) groups is 1. The molecule has 2 amide bonds. The van der Waals surface area contributed by atoms with Crippen LogP contribution in [0.5, 0.6) is 0 Å². The topological polar surface area (TPSA) is 35.6 Å². The van der Waals surface area contributed by atoms with Crippen LogP contribution in [0.25, 0.3) is 0 Å². The Morgan fingerprint density at radius 1 is 1.06 bits per heavy atom. The van der Waals surface area contributed by atoms with Crippen molar-refractivity contribution in [2.24, 2.45) is 0 Å². The number of hydrogen-bond acceptors (Lipinski definition) is 2. The Hall–Kier alpha value is -1.55. The van der Waals surface area contributed by atoms with Gasteiger partial charge in [0, 0.05) is 25.3 Å². The van der Waals surface area contributed by atoms with Gasteiger partial charge in [0.15, 0.2) is 0 Å². The highest BCUT2D eigenvalue weighted by molar-refractivity contribution is 5.91. The summed E-state index contributed by atoms with van der Waals surface area (Å²) >= 11 is 0. The molecule has 4 nitrogen and oxygen atoms in total. The maximum Gasteiger partial charge on any atom is 0.336 e. The highest BCUT2D eigenvalue weighted by atomic mass is 16.2.